The Morgan fingerprint density at radius 3 is 3.07 bits per heavy atom. The second-order valence-corrected chi connectivity index (χ2v) is 8.51. The van der Waals surface area contributed by atoms with Gasteiger partial charge in [-0.15, -0.1) is 0 Å². The molecule has 2 aliphatic heterocycles. The average Bonchev–Trinajstić information content (AvgIpc) is 3.18. The van der Waals surface area contributed by atoms with Crippen LogP contribution in [-0.2, 0) is 6.42 Å². The van der Waals surface area contributed by atoms with Gasteiger partial charge in [-0.1, -0.05) is 24.4 Å². The monoisotopic (exact) mass is 406 g/mol. The van der Waals surface area contributed by atoms with Crippen LogP contribution in [0.25, 0.3) is 11.0 Å². The predicted octanol–water partition coefficient (Wildman–Crippen LogP) is 3.99. The molecule has 1 saturated heterocycles. The van der Waals surface area contributed by atoms with Crippen LogP contribution in [0.15, 0.2) is 42.5 Å². The molecule has 2 aromatic carbocycles. The van der Waals surface area contributed by atoms with Crippen LogP contribution >= 0.6 is 12.2 Å². The molecule has 0 saturated carbocycles. The number of thiocarbonyl (C=S) groups is 1. The summed E-state index contributed by atoms with van der Waals surface area (Å²) in [6.07, 6.45) is 4.19. The minimum atomic E-state index is 0.258. The summed E-state index contributed by atoms with van der Waals surface area (Å²) < 4.78 is 5.73. The fourth-order valence-corrected chi connectivity index (χ4v) is 4.73. The van der Waals surface area contributed by atoms with Crippen molar-refractivity contribution < 1.29 is 4.74 Å². The quantitative estimate of drug-likeness (QED) is 0.644. The van der Waals surface area contributed by atoms with Crippen LogP contribution in [0.2, 0.25) is 0 Å². The molecule has 3 heterocycles. The van der Waals surface area contributed by atoms with Gasteiger partial charge in [0, 0.05) is 18.2 Å². The second-order valence-electron chi connectivity index (χ2n) is 8.10. The molecule has 0 radical (unpaired) electrons. The molecule has 6 heteroatoms. The van der Waals surface area contributed by atoms with Gasteiger partial charge in [-0.3, -0.25) is 4.90 Å². The van der Waals surface area contributed by atoms with Crippen molar-refractivity contribution in [3.8, 4) is 5.75 Å². The van der Waals surface area contributed by atoms with Gasteiger partial charge in [-0.2, -0.15) is 0 Å². The third kappa shape index (κ3) is 3.74. The summed E-state index contributed by atoms with van der Waals surface area (Å²) in [5, 5.41) is 3.62. The van der Waals surface area contributed by atoms with Gasteiger partial charge in [0.15, 0.2) is 0 Å². The smallest absolute Gasteiger partial charge is 0.124 e. The van der Waals surface area contributed by atoms with Crippen LogP contribution < -0.4 is 10.1 Å². The molecule has 5 nitrogen and oxygen atoms in total. The van der Waals surface area contributed by atoms with E-state index in [1.54, 1.807) is 0 Å². The van der Waals surface area contributed by atoms with E-state index >= 15 is 0 Å². The summed E-state index contributed by atoms with van der Waals surface area (Å²) in [7, 11) is 2.18. The lowest BCUT2D eigenvalue weighted by Gasteiger charge is -2.36. The SMILES string of the molecule is CN1CCC(NC(=S)c2ccc3c(c2)CCCO3)CC1c1nc2ccccc2[nH]1. The van der Waals surface area contributed by atoms with E-state index in [-0.39, 0.29) is 6.04 Å². The highest BCUT2D eigenvalue weighted by atomic mass is 32.1. The lowest BCUT2D eigenvalue weighted by molar-refractivity contribution is 0.159. The molecule has 1 aromatic heterocycles. The average molecular weight is 407 g/mol. The summed E-state index contributed by atoms with van der Waals surface area (Å²) in [5.74, 6) is 2.05. The van der Waals surface area contributed by atoms with Gasteiger partial charge in [0.1, 0.15) is 16.6 Å². The Morgan fingerprint density at radius 2 is 2.17 bits per heavy atom. The molecule has 1 fully saturated rings. The minimum Gasteiger partial charge on any atom is -0.493 e. The Labute approximate surface area is 176 Å². The molecule has 0 spiro atoms. The van der Waals surface area contributed by atoms with E-state index in [0.717, 1.165) is 72.0 Å². The highest BCUT2D eigenvalue weighted by molar-refractivity contribution is 7.80. The minimum absolute atomic E-state index is 0.258. The van der Waals surface area contributed by atoms with Crippen molar-refractivity contribution in [2.75, 3.05) is 20.2 Å². The zero-order valence-electron chi connectivity index (χ0n) is 16.6. The largest absolute Gasteiger partial charge is 0.493 e. The lowest BCUT2D eigenvalue weighted by atomic mass is 9.96. The van der Waals surface area contributed by atoms with Gasteiger partial charge in [-0.05, 0) is 68.6 Å². The van der Waals surface area contributed by atoms with E-state index in [4.69, 9.17) is 21.9 Å². The summed E-state index contributed by atoms with van der Waals surface area (Å²) in [6, 6.07) is 15.1. The van der Waals surface area contributed by atoms with Gasteiger partial charge in [0.05, 0.1) is 23.7 Å². The molecule has 3 aromatic rings. The Morgan fingerprint density at radius 1 is 1.28 bits per heavy atom. The third-order valence-corrected chi connectivity index (χ3v) is 6.45. The molecule has 2 N–H and O–H groups in total. The van der Waals surface area contributed by atoms with Crippen LogP contribution in [0.4, 0.5) is 0 Å². The topological polar surface area (TPSA) is 53.2 Å². The summed E-state index contributed by atoms with van der Waals surface area (Å²) in [5.41, 5.74) is 4.47. The maximum atomic E-state index is 5.75. The molecule has 29 heavy (non-hydrogen) atoms. The summed E-state index contributed by atoms with van der Waals surface area (Å²) >= 11 is 5.75. The molecule has 2 unspecified atom stereocenters. The maximum absolute atomic E-state index is 5.75. The number of hydrogen-bond donors (Lipinski definition) is 2. The number of fused-ring (bicyclic) bond motifs is 2. The third-order valence-electron chi connectivity index (χ3n) is 6.10. The number of aromatic amines is 1. The molecule has 0 bridgehead atoms. The van der Waals surface area contributed by atoms with Crippen LogP contribution in [0.3, 0.4) is 0 Å². The number of ether oxygens (including phenoxy) is 1. The van der Waals surface area contributed by atoms with Gasteiger partial charge < -0.3 is 15.0 Å². The number of aromatic nitrogens is 2. The number of H-pyrrole nitrogens is 1. The molecule has 150 valence electrons. The first-order valence-corrected chi connectivity index (χ1v) is 10.8. The highest BCUT2D eigenvalue weighted by Crippen LogP contribution is 2.30. The van der Waals surface area contributed by atoms with Crippen LogP contribution in [0, 0.1) is 0 Å². The number of nitrogens with one attached hydrogen (secondary N) is 2. The van der Waals surface area contributed by atoms with E-state index in [1.807, 2.05) is 12.1 Å². The summed E-state index contributed by atoms with van der Waals surface area (Å²) in [6.45, 7) is 1.83. The number of rotatable bonds is 3. The molecule has 0 amide bonds. The first kappa shape index (κ1) is 18.6. The number of piperidine rings is 1. The number of hydrogen-bond acceptors (Lipinski definition) is 4. The van der Waals surface area contributed by atoms with Gasteiger partial charge in [-0.25, -0.2) is 4.98 Å². The molecule has 2 atom stereocenters. The highest BCUT2D eigenvalue weighted by Gasteiger charge is 2.30. The first-order valence-electron chi connectivity index (χ1n) is 10.4. The van der Waals surface area contributed by atoms with Crippen molar-refractivity contribution in [2.24, 2.45) is 0 Å². The van der Waals surface area contributed by atoms with Crippen molar-refractivity contribution in [1.29, 1.82) is 0 Å². The summed E-state index contributed by atoms with van der Waals surface area (Å²) in [4.78, 5) is 11.6. The Kier molecular flexibility index (Phi) is 4.97. The fourth-order valence-electron chi connectivity index (χ4n) is 4.43. The maximum Gasteiger partial charge on any atom is 0.124 e. The van der Waals surface area contributed by atoms with Gasteiger partial charge in [0.25, 0.3) is 0 Å². The van der Waals surface area contributed by atoms with E-state index in [2.05, 4.69) is 52.6 Å². The number of imidazole rings is 1. The Balaban J connectivity index is 1.30. The van der Waals surface area contributed by atoms with Crippen molar-refractivity contribution in [2.45, 2.75) is 37.8 Å². The van der Waals surface area contributed by atoms with Crippen LogP contribution in [0.5, 0.6) is 5.75 Å². The van der Waals surface area contributed by atoms with Gasteiger partial charge in [0.2, 0.25) is 0 Å². The number of likely N-dealkylation sites (tertiary alicyclic amines) is 1. The Hall–Kier alpha value is -2.44. The first-order chi connectivity index (χ1) is 14.2. The van der Waals surface area contributed by atoms with Crippen LogP contribution in [-0.4, -0.2) is 46.1 Å². The van der Waals surface area contributed by atoms with Gasteiger partial charge >= 0.3 is 0 Å². The van der Waals surface area contributed by atoms with E-state index in [0.29, 0.717) is 6.04 Å². The molecule has 2 aliphatic rings. The fraction of sp³-hybridized carbons (Fsp3) is 0.391. The van der Waals surface area contributed by atoms with E-state index in [9.17, 15) is 0 Å². The zero-order chi connectivity index (χ0) is 19.8. The predicted molar refractivity (Wildman–Crippen MR) is 120 cm³/mol. The molecular weight excluding hydrogens is 380 g/mol. The molecular formula is C23H26N4OS. The standard InChI is InChI=1S/C23H26N4OS/c1-27-11-10-17(14-20(27)22-25-18-6-2-3-7-19(18)26-22)24-23(29)16-8-9-21-15(13-16)5-4-12-28-21/h2-3,6-9,13,17,20H,4-5,10-12,14H2,1H3,(H,24,29)(H,25,26). The zero-order valence-corrected chi connectivity index (χ0v) is 17.5. The number of benzene rings is 2. The lowest BCUT2D eigenvalue weighted by Crippen LogP contribution is -2.44. The normalized spacial score (nSPS) is 22.1. The van der Waals surface area contributed by atoms with Crippen molar-refractivity contribution >= 4 is 28.2 Å². The molecule has 5 rings (SSSR count). The van der Waals surface area contributed by atoms with E-state index in [1.165, 1.54) is 5.56 Å². The van der Waals surface area contributed by atoms with Crippen molar-refractivity contribution in [3.63, 3.8) is 0 Å². The number of para-hydroxylation sites is 2. The van der Waals surface area contributed by atoms with Crippen molar-refractivity contribution in [3.05, 3.63) is 59.4 Å². The molecule has 0 aliphatic carbocycles. The van der Waals surface area contributed by atoms with Crippen molar-refractivity contribution in [1.82, 2.24) is 20.2 Å². The van der Waals surface area contributed by atoms with Crippen LogP contribution in [0.1, 0.15) is 42.3 Å². The Bertz CT molecular complexity index is 1010. The second kappa shape index (κ2) is 7.76. The van der Waals surface area contributed by atoms with E-state index < -0.39 is 0 Å². The number of nitrogens with zero attached hydrogens (tertiary/aromatic N) is 2. The number of aryl methyl sites for hydroxylation is 1.